The summed E-state index contributed by atoms with van der Waals surface area (Å²) in [5.41, 5.74) is 0. The highest BCUT2D eigenvalue weighted by atomic mass is 33.1. The van der Waals surface area contributed by atoms with Crippen LogP contribution in [0, 0.1) is 0 Å². The lowest BCUT2D eigenvalue weighted by molar-refractivity contribution is -0.182. The molecule has 0 spiro atoms. The van der Waals surface area contributed by atoms with Crippen LogP contribution < -0.4 is 10.6 Å². The fourth-order valence-electron chi connectivity index (χ4n) is 5.13. The summed E-state index contributed by atoms with van der Waals surface area (Å²) in [5, 5.41) is 60.0. The zero-order valence-corrected chi connectivity index (χ0v) is 52.6. The summed E-state index contributed by atoms with van der Waals surface area (Å²) in [6.45, 7) is 9.43. The number of rotatable bonds is 40. The molecule has 10 unspecified atom stereocenters. The summed E-state index contributed by atoms with van der Waals surface area (Å²) >= 11 is 4.31. The fraction of sp³-hybridized carbons (Fsp3) is 0.833. The van der Waals surface area contributed by atoms with E-state index < -0.39 is 44.3 Å². The molecule has 3 amide bonds. The van der Waals surface area contributed by atoms with Gasteiger partial charge in [-0.25, -0.2) is 14.6 Å². The number of hydrogen-bond donors (Lipinski definition) is 8. The Bertz CT molecular complexity index is 1500. The second-order valence-electron chi connectivity index (χ2n) is 16.0. The van der Waals surface area contributed by atoms with Gasteiger partial charge in [-0.3, -0.25) is 4.79 Å². The molecule has 8 N–H and O–H groups in total. The van der Waals surface area contributed by atoms with Crippen molar-refractivity contribution in [2.24, 2.45) is 0 Å². The van der Waals surface area contributed by atoms with Crippen LogP contribution in [0.5, 0.6) is 0 Å². The van der Waals surface area contributed by atoms with Gasteiger partial charge in [0.1, 0.15) is 18.2 Å². The minimum absolute atomic E-state index is 0.00424. The van der Waals surface area contributed by atoms with Gasteiger partial charge in [0.05, 0.1) is 73.0 Å². The molecule has 0 aliphatic carbocycles. The van der Waals surface area contributed by atoms with E-state index in [0.717, 1.165) is 10.8 Å². The van der Waals surface area contributed by atoms with Crippen LogP contribution in [-0.2, 0) is 64.0 Å². The Balaban J connectivity index is -0.000000521. The summed E-state index contributed by atoms with van der Waals surface area (Å²) in [5.74, 6) is 0.816. The first kappa shape index (κ1) is 80.4. The number of nitrogens with zero attached hydrogens (tertiary/aromatic N) is 4. The summed E-state index contributed by atoms with van der Waals surface area (Å²) in [6.07, 6.45) is 0.203. The highest BCUT2D eigenvalue weighted by molar-refractivity contribution is 8.76. The van der Waals surface area contributed by atoms with Crippen LogP contribution in [0.1, 0.15) is 59.8 Å². The predicted molar refractivity (Wildman–Crippen MR) is 311 cm³/mol. The van der Waals surface area contributed by atoms with Crippen LogP contribution in [0.2, 0.25) is 0 Å². The van der Waals surface area contributed by atoms with Gasteiger partial charge < -0.3 is 103 Å². The fourth-order valence-corrected chi connectivity index (χ4v) is 6.98. The molecular weight excluding hydrogens is 1120 g/mol. The number of carbonyl (C=O) groups is 3. The quantitative estimate of drug-likeness (QED) is 0.0203. The van der Waals surface area contributed by atoms with Crippen LogP contribution in [0.4, 0.5) is 9.59 Å². The standard InChI is InChI=1S/C22H38N4O6S2.C12H26N2O5.2C7H16O4.H2P2S/c1-5-18(16-27)32-21(30-4)17-31-22(29)26(3)14-12-23-11-13-25(2)20(28)9-15-33-34-19-8-6-7-10-24-19;1-5-10(8-15)19-11(17-4)9-18-12(16)14(3)7-6-13-2;2*1-3-6(4-8)11-7(5-9)10-2;1-2-3/h6-8,10,18,21,23,27H,5,9,11-17H2,1-4H3;10-11,13,15H,5-9H2,1-4H3;2*6-9H,3-5H2,1-2H3;1H2/p+1/i/hD. The van der Waals surface area contributed by atoms with E-state index in [4.69, 9.17) is 74.2 Å². The maximum Gasteiger partial charge on any atom is 0.409 e. The van der Waals surface area contributed by atoms with Gasteiger partial charge in [0, 0.05) is 107 Å². The number of hydrogen-bond acceptors (Lipinski definition) is 25. The highest BCUT2D eigenvalue weighted by Gasteiger charge is 2.20. The van der Waals surface area contributed by atoms with Crippen molar-refractivity contribution in [2.45, 2.75) is 114 Å². The van der Waals surface area contributed by atoms with Gasteiger partial charge in [-0.1, -0.05) is 44.6 Å². The van der Waals surface area contributed by atoms with Crippen molar-refractivity contribution >= 4 is 67.4 Å². The molecule has 78 heavy (non-hydrogen) atoms. The van der Waals surface area contributed by atoms with E-state index in [-0.39, 0.29) is 83.2 Å². The third-order valence-electron chi connectivity index (χ3n) is 10.2. The molecule has 30 heteroatoms. The second-order valence-corrected chi connectivity index (χ2v) is 21.2. The number of nitrogens with one attached hydrogen (secondary N) is 2. The van der Waals surface area contributed by atoms with Gasteiger partial charge in [0.2, 0.25) is 5.91 Å². The number of ether oxygens (including phenoxy) is 10. The minimum atomic E-state index is -0.870. The molecule has 0 saturated heterocycles. The highest BCUT2D eigenvalue weighted by Crippen LogP contribution is 2.29. The van der Waals surface area contributed by atoms with Crippen molar-refractivity contribution in [3.8, 4) is 0 Å². The first-order chi connectivity index (χ1) is 37.8. The number of aliphatic hydroxyl groups excluding tert-OH is 6. The second kappa shape index (κ2) is 59.8. The van der Waals surface area contributed by atoms with Crippen molar-refractivity contribution in [3.63, 3.8) is 0 Å². The molecule has 0 aromatic carbocycles. The van der Waals surface area contributed by atoms with E-state index in [1.54, 1.807) is 53.8 Å². The molecule has 1 aromatic heterocycles. The number of carbonyl (C=O) groups excluding carboxylic acids is 3. The summed E-state index contributed by atoms with van der Waals surface area (Å²) in [7, 11) is 18.1. The monoisotopic (exact) mass is 1220 g/mol. The van der Waals surface area contributed by atoms with Gasteiger partial charge in [-0.2, -0.15) is 0 Å². The van der Waals surface area contributed by atoms with Crippen molar-refractivity contribution in [2.75, 3.05) is 155 Å². The van der Waals surface area contributed by atoms with Crippen LogP contribution in [0.3, 0.4) is 0 Å². The number of pyridine rings is 1. The molecule has 1 rings (SSSR count). The molecule has 10 atom stereocenters. The molecule has 0 aliphatic heterocycles. The van der Waals surface area contributed by atoms with Gasteiger partial charge in [-0.15, -0.1) is 0 Å². The Kier molecular flexibility index (Phi) is 61.6. The summed E-state index contributed by atoms with van der Waals surface area (Å²) < 4.78 is 57.6. The smallest absolute Gasteiger partial charge is 0.409 e. The van der Waals surface area contributed by atoms with E-state index in [9.17, 15) is 19.5 Å². The molecule has 0 bridgehead atoms. The number of aromatic nitrogens is 1. The first-order valence-electron chi connectivity index (χ1n) is 25.9. The maximum absolute atomic E-state index is 12.2. The maximum atomic E-state index is 12.2. The van der Waals surface area contributed by atoms with Gasteiger partial charge >= 0.3 is 13.5 Å². The average Bonchev–Trinajstić information content (AvgIpc) is 3.46. The molecular formula is C48H99N6O19P2S3+. The van der Waals surface area contributed by atoms with Crippen molar-refractivity contribution < 1.29 is 92.4 Å². The molecule has 0 aliphatic rings. The van der Waals surface area contributed by atoms with E-state index in [0.29, 0.717) is 71.4 Å². The third-order valence-corrected chi connectivity index (χ3v) is 12.5. The van der Waals surface area contributed by atoms with Crippen LogP contribution in [-0.4, -0.2) is 274 Å². The number of aliphatic hydroxyl groups is 6. The lowest BCUT2D eigenvalue weighted by Gasteiger charge is -2.23. The topological polar surface area (TPSA) is 312 Å². The Morgan fingerprint density at radius 2 is 1.03 bits per heavy atom. The lowest BCUT2D eigenvalue weighted by Crippen LogP contribution is -2.39. The largest absolute Gasteiger partial charge is 0.444 e. The summed E-state index contributed by atoms with van der Waals surface area (Å²) in [6, 6.07) is 5.76. The molecule has 1 aromatic rings. The average molecular weight is 1220 g/mol. The number of likely N-dealkylation sites (N-methyl/N-ethyl adjacent to an activating group) is 4. The SMILES string of the molecule is CCC(CO)OC(CO)OC.CCC(CO)OC(CO)OC.CCC(CO)OC(COC(=O)N(C)CCNC)OC.CCC(CO)OC(COC(=O)N(C)CCNCCN(C)C(=O)CCSSc1ccccn1)OC.[2H][P+](P)=S. The van der Waals surface area contributed by atoms with Crippen molar-refractivity contribution in [3.05, 3.63) is 24.4 Å². The van der Waals surface area contributed by atoms with Crippen LogP contribution >= 0.6 is 37.5 Å². The predicted octanol–water partition coefficient (Wildman–Crippen LogP) is 2.52. The van der Waals surface area contributed by atoms with Crippen molar-refractivity contribution in [1.29, 1.82) is 1.28 Å². The molecule has 0 saturated carbocycles. The van der Waals surface area contributed by atoms with E-state index in [2.05, 4.69) is 36.4 Å². The minimum Gasteiger partial charge on any atom is -0.444 e. The third kappa shape index (κ3) is 47.8. The van der Waals surface area contributed by atoms with Gasteiger partial charge in [0.25, 0.3) is 0 Å². The molecule has 462 valence electrons. The van der Waals surface area contributed by atoms with Crippen molar-refractivity contribution in [1.82, 2.24) is 30.3 Å². The molecule has 0 radical (unpaired) electrons. The van der Waals surface area contributed by atoms with E-state index in [1.807, 2.05) is 52.9 Å². The van der Waals surface area contributed by atoms with E-state index >= 15 is 0 Å². The normalized spacial score (nSPS) is 14.1. The molecule has 25 nitrogen and oxygen atoms in total. The lowest BCUT2D eigenvalue weighted by atomic mass is 10.3. The first-order valence-corrected chi connectivity index (χ1v) is 31.3. The van der Waals surface area contributed by atoms with Crippen LogP contribution in [0.15, 0.2) is 29.4 Å². The Morgan fingerprint density at radius 1 is 0.654 bits per heavy atom. The number of amides is 3. The zero-order chi connectivity index (χ0) is 60.8. The Labute approximate surface area is 482 Å². The Hall–Kier alpha value is -1.83. The number of methoxy groups -OCH3 is 4. The summed E-state index contributed by atoms with van der Waals surface area (Å²) in [4.78, 5) is 44.8. The van der Waals surface area contributed by atoms with Gasteiger partial charge in [-0.05, 0) is 55.7 Å². The zero-order valence-electron chi connectivity index (χ0n) is 49.1. The van der Waals surface area contributed by atoms with E-state index in [1.165, 1.54) is 38.2 Å². The van der Waals surface area contributed by atoms with Gasteiger partial charge in [0.15, 0.2) is 44.0 Å². The Morgan fingerprint density at radius 3 is 1.35 bits per heavy atom. The molecule has 1 heterocycles. The van der Waals surface area contributed by atoms with Crippen LogP contribution in [0.25, 0.3) is 0 Å². The molecule has 0 fully saturated rings.